The van der Waals surface area contributed by atoms with Crippen LogP contribution in [0.3, 0.4) is 0 Å². The predicted molar refractivity (Wildman–Crippen MR) is 139 cm³/mol. The van der Waals surface area contributed by atoms with Crippen LogP contribution in [-0.4, -0.2) is 91.8 Å². The number of nitrogens with zero attached hydrogens (tertiary/aromatic N) is 6. The lowest BCUT2D eigenvalue weighted by molar-refractivity contribution is 0.0169. The number of guanidine groups is 1. The number of rotatable bonds is 5. The number of anilines is 1. The number of halogens is 2. The van der Waals surface area contributed by atoms with Gasteiger partial charge in [0.15, 0.2) is 5.96 Å². The lowest BCUT2D eigenvalue weighted by atomic mass is 10.0. The van der Waals surface area contributed by atoms with E-state index in [1.54, 1.807) is 12.4 Å². The molecule has 3 heterocycles. The molecule has 0 saturated carbocycles. The van der Waals surface area contributed by atoms with Gasteiger partial charge in [-0.2, -0.15) is 0 Å². The van der Waals surface area contributed by atoms with Gasteiger partial charge in [-0.05, 0) is 17.7 Å². The third-order valence-electron chi connectivity index (χ3n) is 5.83. The minimum Gasteiger partial charge on any atom is -0.379 e. The smallest absolute Gasteiger partial charge is 0.225 e. The van der Waals surface area contributed by atoms with Crippen LogP contribution in [0.4, 0.5) is 5.95 Å². The first-order chi connectivity index (χ1) is 15.3. The van der Waals surface area contributed by atoms with E-state index in [-0.39, 0.29) is 30.0 Å². The summed E-state index contributed by atoms with van der Waals surface area (Å²) in [7, 11) is 1.84. The normalized spacial score (nSPS) is 18.8. The second-order valence-corrected chi connectivity index (χ2v) is 8.04. The molecule has 1 unspecified atom stereocenters. The summed E-state index contributed by atoms with van der Waals surface area (Å²) in [5.41, 5.74) is 1.14. The number of benzene rings is 1. The maximum atomic E-state index is 6.57. The Bertz CT molecular complexity index is 858. The van der Waals surface area contributed by atoms with Gasteiger partial charge in [-0.3, -0.25) is 9.89 Å². The van der Waals surface area contributed by atoms with E-state index in [1.165, 1.54) is 0 Å². The zero-order valence-electron chi connectivity index (χ0n) is 18.4. The Balaban J connectivity index is 0.00000289. The summed E-state index contributed by atoms with van der Waals surface area (Å²) in [5.74, 6) is 1.70. The zero-order valence-corrected chi connectivity index (χ0v) is 21.4. The highest BCUT2D eigenvalue weighted by molar-refractivity contribution is 14.0. The van der Waals surface area contributed by atoms with Crippen molar-refractivity contribution < 1.29 is 4.74 Å². The maximum Gasteiger partial charge on any atom is 0.225 e. The molecule has 2 aliphatic rings. The van der Waals surface area contributed by atoms with E-state index in [1.807, 2.05) is 31.3 Å². The molecule has 2 aliphatic heterocycles. The molecule has 0 radical (unpaired) electrons. The molecule has 1 aromatic carbocycles. The van der Waals surface area contributed by atoms with Crippen LogP contribution in [0.25, 0.3) is 0 Å². The van der Waals surface area contributed by atoms with Gasteiger partial charge in [0.25, 0.3) is 0 Å². The molecule has 2 fully saturated rings. The van der Waals surface area contributed by atoms with Gasteiger partial charge in [0.1, 0.15) is 0 Å². The van der Waals surface area contributed by atoms with Gasteiger partial charge in [0.05, 0.1) is 19.3 Å². The number of ether oxygens (including phenoxy) is 1. The topological polar surface area (TPSA) is 69.1 Å². The van der Waals surface area contributed by atoms with Crippen molar-refractivity contribution in [3.63, 3.8) is 0 Å². The lowest BCUT2D eigenvalue weighted by Crippen LogP contribution is -2.54. The van der Waals surface area contributed by atoms with Gasteiger partial charge in [0, 0.05) is 70.3 Å². The third kappa shape index (κ3) is 6.21. The number of aliphatic imine (C=N–C) groups is 1. The standard InChI is InChI=1S/C22H30ClN7O.HI/c1-24-21(29-9-11-30(12-10-29)22-25-7-4-8-26-22)27-17-20(28-13-15-31-16-14-28)18-5-2-3-6-19(18)23;/h2-8,20H,9-17H2,1H3,(H,24,27);1H. The Labute approximate surface area is 212 Å². The molecule has 1 N–H and O–H groups in total. The van der Waals surface area contributed by atoms with Crippen molar-refractivity contribution in [2.45, 2.75) is 6.04 Å². The SMILES string of the molecule is CN=C(NCC(c1ccccc1Cl)N1CCOCC1)N1CCN(c2ncccn2)CC1.I. The second kappa shape index (κ2) is 12.5. The first-order valence-corrected chi connectivity index (χ1v) is 11.2. The van der Waals surface area contributed by atoms with Crippen LogP contribution >= 0.6 is 35.6 Å². The molecular weight excluding hydrogens is 541 g/mol. The highest BCUT2D eigenvalue weighted by Gasteiger charge is 2.26. The molecule has 0 amide bonds. The molecule has 32 heavy (non-hydrogen) atoms. The fraction of sp³-hybridized carbons (Fsp3) is 0.500. The average Bonchev–Trinajstić information content (AvgIpc) is 2.84. The molecule has 1 aromatic heterocycles. The summed E-state index contributed by atoms with van der Waals surface area (Å²) >= 11 is 6.57. The average molecular weight is 572 g/mol. The number of morpholine rings is 1. The summed E-state index contributed by atoms with van der Waals surface area (Å²) in [4.78, 5) is 20.2. The molecule has 0 bridgehead atoms. The van der Waals surface area contributed by atoms with Gasteiger partial charge in [-0.15, -0.1) is 24.0 Å². The molecule has 2 aromatic rings. The first-order valence-electron chi connectivity index (χ1n) is 10.8. The van der Waals surface area contributed by atoms with E-state index in [0.717, 1.165) is 81.5 Å². The monoisotopic (exact) mass is 571 g/mol. The van der Waals surface area contributed by atoms with Crippen LogP contribution in [0.2, 0.25) is 5.02 Å². The second-order valence-electron chi connectivity index (χ2n) is 7.64. The Kier molecular flexibility index (Phi) is 9.76. The van der Waals surface area contributed by atoms with Gasteiger partial charge >= 0.3 is 0 Å². The summed E-state index contributed by atoms with van der Waals surface area (Å²) in [5, 5.41) is 4.40. The highest BCUT2D eigenvalue weighted by atomic mass is 127. The first kappa shape index (κ1) is 24.9. The molecule has 0 aliphatic carbocycles. The lowest BCUT2D eigenvalue weighted by Gasteiger charge is -2.38. The van der Waals surface area contributed by atoms with E-state index >= 15 is 0 Å². The van der Waals surface area contributed by atoms with Crippen LogP contribution in [0, 0.1) is 0 Å². The van der Waals surface area contributed by atoms with Crippen LogP contribution in [-0.2, 0) is 4.74 Å². The summed E-state index contributed by atoms with van der Waals surface area (Å²) < 4.78 is 5.56. The third-order valence-corrected chi connectivity index (χ3v) is 6.17. The van der Waals surface area contributed by atoms with E-state index < -0.39 is 0 Å². The van der Waals surface area contributed by atoms with Crippen molar-refractivity contribution in [3.8, 4) is 0 Å². The van der Waals surface area contributed by atoms with Crippen molar-refractivity contribution in [1.82, 2.24) is 25.1 Å². The van der Waals surface area contributed by atoms with Gasteiger partial charge in [0.2, 0.25) is 5.95 Å². The Hall–Kier alpha value is -1.69. The molecule has 174 valence electrons. The molecule has 8 nitrogen and oxygen atoms in total. The van der Waals surface area contributed by atoms with Crippen LogP contribution in [0.15, 0.2) is 47.7 Å². The van der Waals surface area contributed by atoms with Crippen molar-refractivity contribution in [1.29, 1.82) is 0 Å². The van der Waals surface area contributed by atoms with Gasteiger partial charge < -0.3 is 19.9 Å². The summed E-state index contributed by atoms with van der Waals surface area (Å²) in [6.45, 7) is 7.48. The van der Waals surface area contributed by atoms with Crippen molar-refractivity contribution in [2.24, 2.45) is 4.99 Å². The van der Waals surface area contributed by atoms with E-state index in [9.17, 15) is 0 Å². The van der Waals surface area contributed by atoms with Crippen LogP contribution in [0.5, 0.6) is 0 Å². The van der Waals surface area contributed by atoms with Gasteiger partial charge in [-0.25, -0.2) is 9.97 Å². The Morgan fingerprint density at radius 1 is 1.06 bits per heavy atom. The molecule has 4 rings (SSSR count). The number of hydrogen-bond donors (Lipinski definition) is 1. The quantitative estimate of drug-likeness (QED) is 0.336. The molecule has 2 saturated heterocycles. The number of hydrogen-bond acceptors (Lipinski definition) is 6. The zero-order chi connectivity index (χ0) is 21.5. The Morgan fingerprint density at radius 3 is 2.41 bits per heavy atom. The number of nitrogens with one attached hydrogen (secondary N) is 1. The van der Waals surface area contributed by atoms with Crippen LogP contribution in [0.1, 0.15) is 11.6 Å². The fourth-order valence-electron chi connectivity index (χ4n) is 4.16. The molecular formula is C22H31ClIN7O. The number of aromatic nitrogens is 2. The van der Waals surface area contributed by atoms with Crippen molar-refractivity contribution in [3.05, 3.63) is 53.3 Å². The minimum atomic E-state index is 0. The van der Waals surface area contributed by atoms with Crippen LogP contribution < -0.4 is 10.2 Å². The fourth-order valence-corrected chi connectivity index (χ4v) is 4.42. The molecule has 10 heteroatoms. The molecule has 1 atom stereocenters. The minimum absolute atomic E-state index is 0. The summed E-state index contributed by atoms with van der Waals surface area (Å²) in [6, 6.07) is 10.1. The largest absolute Gasteiger partial charge is 0.379 e. The van der Waals surface area contributed by atoms with Crippen molar-refractivity contribution >= 4 is 47.5 Å². The Morgan fingerprint density at radius 2 is 1.75 bits per heavy atom. The predicted octanol–water partition coefficient (Wildman–Crippen LogP) is 2.52. The maximum absolute atomic E-state index is 6.57. The molecule has 0 spiro atoms. The van der Waals surface area contributed by atoms with Gasteiger partial charge in [-0.1, -0.05) is 29.8 Å². The van der Waals surface area contributed by atoms with E-state index in [4.69, 9.17) is 16.3 Å². The van der Waals surface area contributed by atoms with E-state index in [0.29, 0.717) is 0 Å². The van der Waals surface area contributed by atoms with Crippen molar-refractivity contribution in [2.75, 3.05) is 71.0 Å². The highest BCUT2D eigenvalue weighted by Crippen LogP contribution is 2.27. The summed E-state index contributed by atoms with van der Waals surface area (Å²) in [6.07, 6.45) is 3.57. The number of piperazine rings is 1. The van der Waals surface area contributed by atoms with E-state index in [2.05, 4.69) is 41.0 Å².